The molecule has 100 valence electrons. The summed E-state index contributed by atoms with van der Waals surface area (Å²) >= 11 is 0. The molecule has 0 radical (unpaired) electrons. The van der Waals surface area contributed by atoms with Crippen molar-refractivity contribution in [2.45, 2.75) is 38.2 Å². The molecule has 0 aromatic heterocycles. The second-order valence-corrected chi connectivity index (χ2v) is 5.19. The Hall–Kier alpha value is -1.06. The Labute approximate surface area is 109 Å². The van der Waals surface area contributed by atoms with E-state index in [2.05, 4.69) is 5.73 Å². The van der Waals surface area contributed by atoms with Gasteiger partial charge in [0.15, 0.2) is 0 Å². The Balaban J connectivity index is 1.88. The lowest BCUT2D eigenvalue weighted by atomic mass is 9.90. The van der Waals surface area contributed by atoms with Gasteiger partial charge in [-0.2, -0.15) is 0 Å². The molecule has 2 rings (SSSR count). The number of benzene rings is 1. The molecule has 1 atom stereocenters. The third-order valence-corrected chi connectivity index (χ3v) is 3.73. The maximum atomic E-state index is 9.75. The van der Waals surface area contributed by atoms with Crippen LogP contribution in [0.3, 0.4) is 0 Å². The Morgan fingerprint density at radius 1 is 1.28 bits per heavy atom. The Kier molecular flexibility index (Phi) is 5.02. The van der Waals surface area contributed by atoms with Crippen molar-refractivity contribution in [2.24, 2.45) is 5.92 Å². The first-order valence-corrected chi connectivity index (χ1v) is 6.99. The number of ether oxygens (including phenoxy) is 1. The van der Waals surface area contributed by atoms with Crippen LogP contribution in [0, 0.1) is 5.92 Å². The van der Waals surface area contributed by atoms with Gasteiger partial charge in [-0.15, -0.1) is 0 Å². The van der Waals surface area contributed by atoms with Crippen molar-refractivity contribution in [1.29, 1.82) is 0 Å². The molecule has 0 bridgehead atoms. The zero-order valence-corrected chi connectivity index (χ0v) is 11.0. The zero-order chi connectivity index (χ0) is 12.8. The fourth-order valence-electron chi connectivity index (χ4n) is 2.55. The van der Waals surface area contributed by atoms with E-state index in [1.54, 1.807) is 0 Å². The molecule has 1 aliphatic carbocycles. The minimum absolute atomic E-state index is 0.483. The molecular formula is C15H24NO2+. The van der Waals surface area contributed by atoms with E-state index in [-0.39, 0.29) is 0 Å². The Bertz CT molecular complexity index is 361. The number of quaternary nitrogens is 1. The molecule has 0 saturated heterocycles. The number of rotatable bonds is 5. The average molecular weight is 250 g/mol. The molecule has 1 aromatic rings. The summed E-state index contributed by atoms with van der Waals surface area (Å²) in [6, 6.07) is 7.74. The summed E-state index contributed by atoms with van der Waals surface area (Å²) in [6.07, 6.45) is 6.16. The van der Waals surface area contributed by atoms with Gasteiger partial charge in [-0.1, -0.05) is 31.4 Å². The smallest absolute Gasteiger partial charge is 0.128 e. The highest BCUT2D eigenvalue weighted by molar-refractivity contribution is 5.29. The SMILES string of the molecule is [NH3+]CC(O)c1cccc(OCC2CCCCC2)c1. The monoisotopic (exact) mass is 250 g/mol. The standard InChI is InChI=1S/C15H23NO2/c16-10-15(17)13-7-4-8-14(9-13)18-11-12-5-2-1-3-6-12/h4,7-9,12,15,17H,1-3,5-6,10-11,16H2/p+1. The highest BCUT2D eigenvalue weighted by Gasteiger charge is 2.14. The number of aliphatic hydroxyl groups excluding tert-OH is 1. The van der Waals surface area contributed by atoms with E-state index in [9.17, 15) is 5.11 Å². The van der Waals surface area contributed by atoms with Crippen molar-refractivity contribution in [1.82, 2.24) is 0 Å². The van der Waals surface area contributed by atoms with Crippen LogP contribution < -0.4 is 10.5 Å². The van der Waals surface area contributed by atoms with Gasteiger partial charge in [-0.25, -0.2) is 0 Å². The van der Waals surface area contributed by atoms with Gasteiger partial charge in [0.05, 0.1) is 6.61 Å². The van der Waals surface area contributed by atoms with Gasteiger partial charge in [-0.05, 0) is 36.5 Å². The van der Waals surface area contributed by atoms with Gasteiger partial charge in [0.1, 0.15) is 18.4 Å². The summed E-state index contributed by atoms with van der Waals surface area (Å²) in [5.41, 5.74) is 4.61. The third kappa shape index (κ3) is 3.72. The molecule has 3 heteroatoms. The van der Waals surface area contributed by atoms with E-state index in [0.29, 0.717) is 12.5 Å². The lowest BCUT2D eigenvalue weighted by Crippen LogP contribution is -2.52. The summed E-state index contributed by atoms with van der Waals surface area (Å²) < 4.78 is 5.85. The minimum Gasteiger partial charge on any atom is -0.493 e. The van der Waals surface area contributed by atoms with Crippen LogP contribution in [0.2, 0.25) is 0 Å². The molecule has 1 fully saturated rings. The first kappa shape index (κ1) is 13.4. The maximum absolute atomic E-state index is 9.75. The van der Waals surface area contributed by atoms with Crippen LogP contribution in [0.25, 0.3) is 0 Å². The quantitative estimate of drug-likeness (QED) is 0.839. The van der Waals surface area contributed by atoms with Crippen molar-refractivity contribution >= 4 is 0 Å². The maximum Gasteiger partial charge on any atom is 0.128 e. The molecule has 4 N–H and O–H groups in total. The lowest BCUT2D eigenvalue weighted by molar-refractivity contribution is -0.385. The number of aliphatic hydroxyl groups is 1. The van der Waals surface area contributed by atoms with Crippen LogP contribution in [-0.4, -0.2) is 18.3 Å². The molecule has 1 saturated carbocycles. The molecule has 0 aliphatic heterocycles. The first-order valence-electron chi connectivity index (χ1n) is 6.99. The van der Waals surface area contributed by atoms with Crippen LogP contribution in [0.1, 0.15) is 43.8 Å². The van der Waals surface area contributed by atoms with Crippen LogP contribution >= 0.6 is 0 Å². The lowest BCUT2D eigenvalue weighted by Gasteiger charge is -2.21. The van der Waals surface area contributed by atoms with Crippen LogP contribution in [-0.2, 0) is 0 Å². The minimum atomic E-state index is -0.483. The van der Waals surface area contributed by atoms with Crippen LogP contribution in [0.5, 0.6) is 5.75 Å². The zero-order valence-electron chi connectivity index (χ0n) is 11.0. The predicted molar refractivity (Wildman–Crippen MR) is 71.2 cm³/mol. The van der Waals surface area contributed by atoms with Gasteiger partial charge >= 0.3 is 0 Å². The van der Waals surface area contributed by atoms with Gasteiger partial charge < -0.3 is 15.6 Å². The molecule has 0 heterocycles. The van der Waals surface area contributed by atoms with E-state index in [1.807, 2.05) is 24.3 Å². The van der Waals surface area contributed by atoms with Gasteiger partial charge in [-0.3, -0.25) is 0 Å². The van der Waals surface area contributed by atoms with E-state index >= 15 is 0 Å². The number of hydrogen-bond acceptors (Lipinski definition) is 2. The molecule has 1 aliphatic rings. The number of hydrogen-bond donors (Lipinski definition) is 2. The van der Waals surface area contributed by atoms with Crippen molar-refractivity contribution in [3.8, 4) is 5.75 Å². The summed E-state index contributed by atoms with van der Waals surface area (Å²) in [6.45, 7) is 1.30. The first-order chi connectivity index (χ1) is 8.79. The molecule has 18 heavy (non-hydrogen) atoms. The normalized spacial score (nSPS) is 18.6. The Morgan fingerprint density at radius 2 is 2.06 bits per heavy atom. The van der Waals surface area contributed by atoms with Crippen LogP contribution in [0.15, 0.2) is 24.3 Å². The van der Waals surface area contributed by atoms with Crippen molar-refractivity contribution < 1.29 is 15.6 Å². The fraction of sp³-hybridized carbons (Fsp3) is 0.600. The molecule has 1 aromatic carbocycles. The van der Waals surface area contributed by atoms with E-state index in [0.717, 1.165) is 17.9 Å². The largest absolute Gasteiger partial charge is 0.493 e. The topological polar surface area (TPSA) is 57.1 Å². The average Bonchev–Trinajstić information content (AvgIpc) is 2.45. The van der Waals surface area contributed by atoms with E-state index < -0.39 is 6.10 Å². The summed E-state index contributed by atoms with van der Waals surface area (Å²) in [7, 11) is 0. The van der Waals surface area contributed by atoms with Gasteiger partial charge in [0.2, 0.25) is 0 Å². The fourth-order valence-corrected chi connectivity index (χ4v) is 2.55. The van der Waals surface area contributed by atoms with Crippen molar-refractivity contribution in [2.75, 3.05) is 13.2 Å². The Morgan fingerprint density at radius 3 is 2.78 bits per heavy atom. The molecule has 1 unspecified atom stereocenters. The van der Waals surface area contributed by atoms with Gasteiger partial charge in [0, 0.05) is 0 Å². The molecule has 0 amide bonds. The van der Waals surface area contributed by atoms with Crippen molar-refractivity contribution in [3.05, 3.63) is 29.8 Å². The predicted octanol–water partition coefficient (Wildman–Crippen LogP) is 1.92. The van der Waals surface area contributed by atoms with E-state index in [1.165, 1.54) is 32.1 Å². The highest BCUT2D eigenvalue weighted by atomic mass is 16.5. The summed E-state index contributed by atoms with van der Waals surface area (Å²) in [4.78, 5) is 0. The third-order valence-electron chi connectivity index (χ3n) is 3.73. The highest BCUT2D eigenvalue weighted by Crippen LogP contribution is 2.25. The van der Waals surface area contributed by atoms with Gasteiger partial charge in [0.25, 0.3) is 0 Å². The van der Waals surface area contributed by atoms with Crippen LogP contribution in [0.4, 0.5) is 0 Å². The second kappa shape index (κ2) is 6.76. The van der Waals surface area contributed by atoms with Crippen molar-refractivity contribution in [3.63, 3.8) is 0 Å². The summed E-state index contributed by atoms with van der Waals surface area (Å²) in [5, 5.41) is 9.75. The molecular weight excluding hydrogens is 226 g/mol. The van der Waals surface area contributed by atoms with E-state index in [4.69, 9.17) is 4.74 Å². The summed E-state index contributed by atoms with van der Waals surface area (Å²) in [5.74, 6) is 1.57. The second-order valence-electron chi connectivity index (χ2n) is 5.19. The molecule has 0 spiro atoms. The molecule has 3 nitrogen and oxygen atoms in total.